The number of nitrogens with zero attached hydrogens (tertiary/aromatic N) is 1. The van der Waals surface area contributed by atoms with Gasteiger partial charge in [-0.2, -0.15) is 4.39 Å². The van der Waals surface area contributed by atoms with Crippen molar-refractivity contribution in [1.82, 2.24) is 0 Å². The van der Waals surface area contributed by atoms with Crippen molar-refractivity contribution in [1.29, 1.82) is 0 Å². The third kappa shape index (κ3) is 4.83. The number of nitrogens with two attached hydrogens (primary N) is 1. The molecule has 2 rings (SSSR count). The highest BCUT2D eigenvalue weighted by molar-refractivity contribution is 9.10. The molecule has 0 aliphatic heterocycles. The van der Waals surface area contributed by atoms with E-state index in [1.165, 1.54) is 6.07 Å². The molecule has 0 saturated heterocycles. The zero-order chi connectivity index (χ0) is 18.6. The molecule has 0 bridgehead atoms. The molecule has 1 amide bonds. The van der Waals surface area contributed by atoms with Crippen LogP contribution in [0.2, 0.25) is 0 Å². The van der Waals surface area contributed by atoms with Crippen LogP contribution < -0.4 is 10.6 Å². The van der Waals surface area contributed by atoms with Crippen LogP contribution in [-0.4, -0.2) is 16.9 Å². The lowest BCUT2D eigenvalue weighted by Crippen LogP contribution is -2.91. The lowest BCUT2D eigenvalue weighted by molar-refractivity contribution is -0.709. The van der Waals surface area contributed by atoms with Crippen LogP contribution in [-0.2, 0) is 4.79 Å². The second-order valence-corrected chi connectivity index (χ2v) is 6.56. The van der Waals surface area contributed by atoms with Gasteiger partial charge in [0.15, 0.2) is 6.04 Å². The quantitative estimate of drug-likeness (QED) is 0.566. The van der Waals surface area contributed by atoms with E-state index in [0.29, 0.717) is 0 Å². The molecule has 0 saturated carbocycles. The average molecular weight is 411 g/mol. The van der Waals surface area contributed by atoms with E-state index >= 15 is 0 Å². The lowest BCUT2D eigenvalue weighted by atomic mass is 10.1. The third-order valence-corrected chi connectivity index (χ3v) is 4.52. The number of rotatable bonds is 6. The standard InChI is InChI=1S/C17H17BrFN3O3/c1-10(13-5-3-4-6-14(13)18)20-11(2)17(23)21-12-7-8-15(19)16(9-12)22(24)25/h3-11,20H,1-2H3,(H,21,23)/p+1/t10-,11+/m1/s1. The van der Waals surface area contributed by atoms with Gasteiger partial charge in [0.25, 0.3) is 5.91 Å². The van der Waals surface area contributed by atoms with Crippen molar-refractivity contribution in [2.75, 3.05) is 5.32 Å². The van der Waals surface area contributed by atoms with E-state index in [9.17, 15) is 19.3 Å². The Labute approximate surface area is 152 Å². The first-order chi connectivity index (χ1) is 11.8. The van der Waals surface area contributed by atoms with Gasteiger partial charge in [0.1, 0.15) is 6.04 Å². The van der Waals surface area contributed by atoms with Crippen LogP contribution in [0.4, 0.5) is 15.8 Å². The first kappa shape index (κ1) is 19.0. The summed E-state index contributed by atoms with van der Waals surface area (Å²) in [4.78, 5) is 22.3. The Morgan fingerprint density at radius 2 is 1.96 bits per heavy atom. The third-order valence-electron chi connectivity index (χ3n) is 3.80. The van der Waals surface area contributed by atoms with Crippen molar-refractivity contribution in [2.24, 2.45) is 0 Å². The SMILES string of the molecule is C[C@H]([NH2+][C@H](C)c1ccccc1Br)C(=O)Nc1ccc(F)c([N+](=O)[O-])c1. The Balaban J connectivity index is 2.04. The number of nitrogens with one attached hydrogen (secondary N) is 1. The Hall–Kier alpha value is -2.32. The number of hydrogen-bond acceptors (Lipinski definition) is 3. The Morgan fingerprint density at radius 1 is 1.28 bits per heavy atom. The number of nitro benzene ring substituents is 1. The van der Waals surface area contributed by atoms with E-state index in [0.717, 1.165) is 22.2 Å². The highest BCUT2D eigenvalue weighted by Gasteiger charge is 2.22. The fraction of sp³-hybridized carbons (Fsp3) is 0.235. The molecule has 2 atom stereocenters. The minimum Gasteiger partial charge on any atom is -0.330 e. The summed E-state index contributed by atoms with van der Waals surface area (Å²) in [6.07, 6.45) is 0. The minimum atomic E-state index is -0.940. The maximum Gasteiger partial charge on any atom is 0.306 e. The summed E-state index contributed by atoms with van der Waals surface area (Å²) in [6.45, 7) is 3.72. The molecule has 0 unspecified atom stereocenters. The lowest BCUT2D eigenvalue weighted by Gasteiger charge is -2.17. The summed E-state index contributed by atoms with van der Waals surface area (Å²) in [7, 11) is 0. The number of nitro groups is 1. The molecule has 0 aliphatic carbocycles. The number of halogens is 2. The normalized spacial score (nSPS) is 13.1. The predicted molar refractivity (Wildman–Crippen MR) is 95.6 cm³/mol. The number of hydrogen-bond donors (Lipinski definition) is 2. The van der Waals surface area contributed by atoms with Gasteiger partial charge in [0, 0.05) is 21.8 Å². The first-order valence-electron chi connectivity index (χ1n) is 7.63. The Bertz CT molecular complexity index is 800. The van der Waals surface area contributed by atoms with Gasteiger partial charge in [-0.05, 0) is 32.0 Å². The van der Waals surface area contributed by atoms with Gasteiger partial charge in [-0.1, -0.05) is 34.1 Å². The van der Waals surface area contributed by atoms with Gasteiger partial charge >= 0.3 is 5.69 Å². The average Bonchev–Trinajstić information content (AvgIpc) is 2.56. The highest BCUT2D eigenvalue weighted by atomic mass is 79.9. The van der Waals surface area contributed by atoms with Crippen LogP contribution in [0.15, 0.2) is 46.9 Å². The fourth-order valence-corrected chi connectivity index (χ4v) is 3.10. The number of amides is 1. The van der Waals surface area contributed by atoms with Crippen molar-refractivity contribution >= 4 is 33.2 Å². The van der Waals surface area contributed by atoms with Crippen LogP contribution in [0.5, 0.6) is 0 Å². The summed E-state index contributed by atoms with van der Waals surface area (Å²) in [5.74, 6) is -1.26. The molecule has 25 heavy (non-hydrogen) atoms. The summed E-state index contributed by atoms with van der Waals surface area (Å²) in [6, 6.07) is 10.6. The maximum atomic E-state index is 13.3. The van der Waals surface area contributed by atoms with Crippen LogP contribution in [0.3, 0.4) is 0 Å². The molecule has 0 aromatic heterocycles. The van der Waals surface area contributed by atoms with Gasteiger partial charge in [-0.15, -0.1) is 0 Å². The predicted octanol–water partition coefficient (Wildman–Crippen LogP) is 3.15. The van der Waals surface area contributed by atoms with Crippen LogP contribution in [0.25, 0.3) is 0 Å². The number of quaternary nitrogens is 1. The zero-order valence-electron chi connectivity index (χ0n) is 13.7. The smallest absolute Gasteiger partial charge is 0.306 e. The molecule has 2 aromatic rings. The van der Waals surface area contributed by atoms with Crippen molar-refractivity contribution in [3.05, 3.63) is 68.4 Å². The van der Waals surface area contributed by atoms with E-state index < -0.39 is 22.5 Å². The number of carbonyl (C=O) groups excluding carboxylic acids is 1. The van der Waals surface area contributed by atoms with E-state index in [1.54, 1.807) is 6.92 Å². The number of anilines is 1. The van der Waals surface area contributed by atoms with Crippen LogP contribution >= 0.6 is 15.9 Å². The molecule has 0 spiro atoms. The van der Waals surface area contributed by atoms with Crippen molar-refractivity contribution in [3.63, 3.8) is 0 Å². The van der Waals surface area contributed by atoms with Crippen molar-refractivity contribution < 1.29 is 19.4 Å². The number of benzene rings is 2. The molecule has 3 N–H and O–H groups in total. The summed E-state index contributed by atoms with van der Waals surface area (Å²) in [5, 5.41) is 15.2. The molecular formula is C17H18BrFN3O3+. The van der Waals surface area contributed by atoms with Gasteiger partial charge < -0.3 is 10.6 Å². The van der Waals surface area contributed by atoms with Crippen molar-refractivity contribution in [3.8, 4) is 0 Å². The Kier molecular flexibility index (Phi) is 6.22. The van der Waals surface area contributed by atoms with Gasteiger partial charge in [-0.3, -0.25) is 14.9 Å². The minimum absolute atomic E-state index is 0.0267. The molecule has 0 aliphatic rings. The molecule has 0 heterocycles. The molecule has 2 aromatic carbocycles. The largest absolute Gasteiger partial charge is 0.330 e. The summed E-state index contributed by atoms with van der Waals surface area (Å²) in [5.41, 5.74) is 0.572. The van der Waals surface area contributed by atoms with E-state index in [1.807, 2.05) is 36.5 Å². The van der Waals surface area contributed by atoms with E-state index in [-0.39, 0.29) is 17.6 Å². The van der Waals surface area contributed by atoms with Gasteiger partial charge in [0.2, 0.25) is 5.82 Å². The summed E-state index contributed by atoms with van der Waals surface area (Å²) < 4.78 is 14.3. The zero-order valence-corrected chi connectivity index (χ0v) is 15.3. The van der Waals surface area contributed by atoms with E-state index in [4.69, 9.17) is 0 Å². The molecule has 6 nitrogen and oxygen atoms in total. The van der Waals surface area contributed by atoms with Gasteiger partial charge in [0.05, 0.1) is 4.92 Å². The second kappa shape index (κ2) is 8.17. The molecule has 0 radical (unpaired) electrons. The molecular weight excluding hydrogens is 393 g/mol. The number of carbonyl (C=O) groups is 1. The van der Waals surface area contributed by atoms with E-state index in [2.05, 4.69) is 21.2 Å². The second-order valence-electron chi connectivity index (χ2n) is 5.70. The molecule has 132 valence electrons. The molecule has 8 heteroatoms. The highest BCUT2D eigenvalue weighted by Crippen LogP contribution is 2.22. The molecule has 0 fully saturated rings. The van der Waals surface area contributed by atoms with Crippen molar-refractivity contribution in [2.45, 2.75) is 25.9 Å². The monoisotopic (exact) mass is 410 g/mol. The Morgan fingerprint density at radius 3 is 2.60 bits per heavy atom. The summed E-state index contributed by atoms with van der Waals surface area (Å²) >= 11 is 3.49. The van der Waals surface area contributed by atoms with Crippen LogP contribution in [0.1, 0.15) is 25.5 Å². The van der Waals surface area contributed by atoms with Crippen LogP contribution in [0, 0.1) is 15.9 Å². The van der Waals surface area contributed by atoms with Gasteiger partial charge in [-0.25, -0.2) is 0 Å². The maximum absolute atomic E-state index is 13.3. The first-order valence-corrected chi connectivity index (χ1v) is 8.43. The fourth-order valence-electron chi connectivity index (χ4n) is 2.45. The topological polar surface area (TPSA) is 88.8 Å².